The van der Waals surface area contributed by atoms with Crippen molar-refractivity contribution in [2.45, 2.75) is 30.8 Å². The van der Waals surface area contributed by atoms with Gasteiger partial charge in [-0.25, -0.2) is 9.48 Å². The molecule has 2 aromatic heterocycles. The zero-order chi connectivity index (χ0) is 19.5. The van der Waals surface area contributed by atoms with Crippen LogP contribution in [0.5, 0.6) is 0 Å². The first-order valence-corrected chi connectivity index (χ1v) is 9.97. The third kappa shape index (κ3) is 3.55. The van der Waals surface area contributed by atoms with Crippen LogP contribution in [0.15, 0.2) is 69.6 Å². The summed E-state index contributed by atoms with van der Waals surface area (Å²) in [5, 5.41) is 8.43. The van der Waals surface area contributed by atoms with Gasteiger partial charge in [0, 0.05) is 11.4 Å². The molecule has 0 spiro atoms. The van der Waals surface area contributed by atoms with E-state index in [-0.39, 0.29) is 0 Å². The standard InChI is InChI=1S/C20H20N4O3S/c1-3-26-18(25)16-13(2)21-19-22-20(28-12-14-8-5-4-6-9-14)23-24(19)17(16)15-10-7-11-27-15/h4-11,17H,3,12H2,1-2H3,(H,21,22,23). The van der Waals surface area contributed by atoms with Crippen LogP contribution in [0.4, 0.5) is 5.95 Å². The van der Waals surface area contributed by atoms with Crippen molar-refractivity contribution in [1.82, 2.24) is 14.8 Å². The van der Waals surface area contributed by atoms with Crippen LogP contribution < -0.4 is 5.32 Å². The van der Waals surface area contributed by atoms with E-state index in [1.54, 1.807) is 23.9 Å². The van der Waals surface area contributed by atoms with Crippen molar-refractivity contribution >= 4 is 23.7 Å². The van der Waals surface area contributed by atoms with Gasteiger partial charge in [0.15, 0.2) is 0 Å². The van der Waals surface area contributed by atoms with Gasteiger partial charge in [0.2, 0.25) is 11.1 Å². The number of fused-ring (bicyclic) bond motifs is 1. The molecule has 3 heterocycles. The second-order valence-corrected chi connectivity index (χ2v) is 7.18. The number of allylic oxidation sites excluding steroid dienone is 1. The monoisotopic (exact) mass is 396 g/mol. The van der Waals surface area contributed by atoms with Gasteiger partial charge in [0.05, 0.1) is 18.4 Å². The van der Waals surface area contributed by atoms with Crippen LogP contribution in [0, 0.1) is 0 Å². The zero-order valence-corrected chi connectivity index (χ0v) is 16.4. The quantitative estimate of drug-likeness (QED) is 0.498. The lowest BCUT2D eigenvalue weighted by molar-refractivity contribution is -0.139. The molecule has 1 aliphatic heterocycles. The zero-order valence-electron chi connectivity index (χ0n) is 15.6. The molecule has 3 aromatic rings. The Hall–Kier alpha value is -3.00. The maximum atomic E-state index is 12.6. The summed E-state index contributed by atoms with van der Waals surface area (Å²) >= 11 is 1.54. The molecule has 0 radical (unpaired) electrons. The van der Waals surface area contributed by atoms with Gasteiger partial charge >= 0.3 is 5.97 Å². The van der Waals surface area contributed by atoms with E-state index in [9.17, 15) is 4.79 Å². The summed E-state index contributed by atoms with van der Waals surface area (Å²) in [5.41, 5.74) is 2.34. The number of benzene rings is 1. The summed E-state index contributed by atoms with van der Waals surface area (Å²) in [6.45, 7) is 3.91. The van der Waals surface area contributed by atoms with Crippen molar-refractivity contribution in [3.8, 4) is 0 Å². The summed E-state index contributed by atoms with van der Waals surface area (Å²) in [6.07, 6.45) is 1.58. The van der Waals surface area contributed by atoms with Crippen molar-refractivity contribution < 1.29 is 13.9 Å². The van der Waals surface area contributed by atoms with Crippen molar-refractivity contribution in [1.29, 1.82) is 0 Å². The number of anilines is 1. The molecular formula is C20H20N4O3S. The van der Waals surface area contributed by atoms with Crippen molar-refractivity contribution in [2.24, 2.45) is 0 Å². The van der Waals surface area contributed by atoms with Crippen molar-refractivity contribution in [2.75, 3.05) is 11.9 Å². The smallest absolute Gasteiger partial charge is 0.338 e. The number of hydrogen-bond acceptors (Lipinski definition) is 7. The lowest BCUT2D eigenvalue weighted by atomic mass is 10.0. The third-order valence-electron chi connectivity index (χ3n) is 4.35. The molecule has 0 amide bonds. The molecule has 1 aliphatic rings. The van der Waals surface area contributed by atoms with Crippen LogP contribution in [0.1, 0.15) is 31.2 Å². The Labute approximate surface area is 166 Å². The average Bonchev–Trinajstić information content (AvgIpc) is 3.36. The number of esters is 1. The van der Waals surface area contributed by atoms with Gasteiger partial charge in [-0.2, -0.15) is 4.98 Å². The Morgan fingerprint density at radius 1 is 1.29 bits per heavy atom. The fourth-order valence-electron chi connectivity index (χ4n) is 3.10. The Bertz CT molecular complexity index is 996. The third-order valence-corrected chi connectivity index (χ3v) is 5.26. The molecule has 1 N–H and O–H groups in total. The fraction of sp³-hybridized carbons (Fsp3) is 0.250. The van der Waals surface area contributed by atoms with Crippen molar-refractivity contribution in [3.05, 3.63) is 71.3 Å². The van der Waals surface area contributed by atoms with E-state index >= 15 is 0 Å². The largest absolute Gasteiger partial charge is 0.467 e. The highest BCUT2D eigenvalue weighted by Gasteiger charge is 2.36. The number of nitrogens with one attached hydrogen (secondary N) is 1. The summed E-state index contributed by atoms with van der Waals surface area (Å²) in [6, 6.07) is 13.2. The van der Waals surface area contributed by atoms with Crippen molar-refractivity contribution in [3.63, 3.8) is 0 Å². The molecule has 144 valence electrons. The highest BCUT2D eigenvalue weighted by Crippen LogP contribution is 2.37. The van der Waals surface area contributed by atoms with Gasteiger partial charge in [-0.05, 0) is 31.5 Å². The van der Waals surface area contributed by atoms with Gasteiger partial charge in [0.1, 0.15) is 11.8 Å². The van der Waals surface area contributed by atoms with Gasteiger partial charge in [-0.1, -0.05) is 42.1 Å². The Morgan fingerprint density at radius 2 is 2.11 bits per heavy atom. The molecule has 1 aromatic carbocycles. The van der Waals surface area contributed by atoms with E-state index < -0.39 is 12.0 Å². The van der Waals surface area contributed by atoms with E-state index in [1.807, 2.05) is 31.2 Å². The molecule has 0 aliphatic carbocycles. The number of nitrogens with zero attached hydrogens (tertiary/aromatic N) is 3. The maximum absolute atomic E-state index is 12.6. The predicted octanol–water partition coefficient (Wildman–Crippen LogP) is 4.02. The molecule has 4 rings (SSSR count). The minimum Gasteiger partial charge on any atom is -0.467 e. The van der Waals surface area contributed by atoms with E-state index in [2.05, 4.69) is 27.5 Å². The van der Waals surface area contributed by atoms with E-state index in [0.29, 0.717) is 34.7 Å². The Balaban J connectivity index is 1.66. The SMILES string of the molecule is CCOC(=O)C1=C(C)Nc2nc(SCc3ccccc3)nn2C1c1ccco1. The van der Waals surface area contributed by atoms with Crippen LogP contribution in [-0.4, -0.2) is 27.3 Å². The second-order valence-electron chi connectivity index (χ2n) is 6.24. The number of hydrogen-bond donors (Lipinski definition) is 1. The number of aromatic nitrogens is 3. The molecule has 0 bridgehead atoms. The number of furan rings is 1. The van der Waals surface area contributed by atoms with E-state index in [0.717, 1.165) is 5.75 Å². The maximum Gasteiger partial charge on any atom is 0.338 e. The van der Waals surface area contributed by atoms with Crippen LogP contribution >= 0.6 is 11.8 Å². The fourth-order valence-corrected chi connectivity index (χ4v) is 3.88. The minimum absolute atomic E-state index is 0.295. The Morgan fingerprint density at radius 3 is 2.82 bits per heavy atom. The first-order chi connectivity index (χ1) is 13.7. The Kier molecular flexibility index (Phi) is 5.21. The first-order valence-electron chi connectivity index (χ1n) is 8.99. The number of carbonyl (C=O) groups is 1. The number of ether oxygens (including phenoxy) is 1. The van der Waals surface area contributed by atoms with Gasteiger partial charge in [0.25, 0.3) is 0 Å². The topological polar surface area (TPSA) is 82.2 Å². The highest BCUT2D eigenvalue weighted by molar-refractivity contribution is 7.98. The lowest BCUT2D eigenvalue weighted by Crippen LogP contribution is -2.29. The second kappa shape index (κ2) is 7.93. The normalized spacial score (nSPS) is 15.9. The van der Waals surface area contributed by atoms with Gasteiger partial charge in [-0.3, -0.25) is 0 Å². The predicted molar refractivity (Wildman–Crippen MR) is 106 cm³/mol. The number of rotatable bonds is 6. The molecule has 8 heteroatoms. The number of carbonyl (C=O) groups excluding carboxylic acids is 1. The molecule has 7 nitrogen and oxygen atoms in total. The summed E-state index contributed by atoms with van der Waals surface area (Å²) in [4.78, 5) is 17.2. The lowest BCUT2D eigenvalue weighted by Gasteiger charge is -2.26. The first kappa shape index (κ1) is 18.4. The highest BCUT2D eigenvalue weighted by atomic mass is 32.2. The summed E-state index contributed by atoms with van der Waals surface area (Å²) in [7, 11) is 0. The molecular weight excluding hydrogens is 376 g/mol. The van der Waals surface area contributed by atoms with Crippen LogP contribution in [0.3, 0.4) is 0 Å². The van der Waals surface area contributed by atoms with Gasteiger partial charge < -0.3 is 14.5 Å². The van der Waals surface area contributed by atoms with E-state index in [1.165, 1.54) is 17.3 Å². The molecule has 1 unspecified atom stereocenters. The molecule has 0 saturated carbocycles. The van der Waals surface area contributed by atoms with E-state index in [4.69, 9.17) is 9.15 Å². The van der Waals surface area contributed by atoms with Crippen LogP contribution in [0.25, 0.3) is 0 Å². The molecule has 0 saturated heterocycles. The minimum atomic E-state index is -0.524. The molecule has 1 atom stereocenters. The summed E-state index contributed by atoms with van der Waals surface area (Å²) < 4.78 is 12.6. The van der Waals surface area contributed by atoms with Crippen LogP contribution in [0.2, 0.25) is 0 Å². The average molecular weight is 396 g/mol. The number of thioether (sulfide) groups is 1. The van der Waals surface area contributed by atoms with Gasteiger partial charge in [-0.15, -0.1) is 5.10 Å². The van der Waals surface area contributed by atoms with Crippen LogP contribution in [-0.2, 0) is 15.3 Å². The molecule has 0 fully saturated rings. The molecule has 28 heavy (non-hydrogen) atoms. The summed E-state index contributed by atoms with van der Waals surface area (Å²) in [5.74, 6) is 1.54.